The predicted molar refractivity (Wildman–Crippen MR) is 212 cm³/mol. The molecule has 56 heavy (non-hydrogen) atoms. The number of aromatic nitrogens is 4. The Labute approximate surface area is 326 Å². The van der Waals surface area contributed by atoms with Gasteiger partial charge in [0.1, 0.15) is 23.3 Å². The van der Waals surface area contributed by atoms with Crippen molar-refractivity contribution in [2.75, 3.05) is 7.11 Å². The number of carbonyl (C=O) groups excluding carboxylic acids is 3. The Kier molecular flexibility index (Phi) is 8.70. The minimum absolute atomic E-state index is 0.0883. The summed E-state index contributed by atoms with van der Waals surface area (Å²) >= 11 is 0. The second-order valence-electron chi connectivity index (χ2n) is 17.3. The van der Waals surface area contributed by atoms with E-state index in [4.69, 9.17) is 19.4 Å². The number of aromatic amines is 2. The maximum atomic E-state index is 13.8. The van der Waals surface area contributed by atoms with Crippen LogP contribution in [0.4, 0.5) is 9.59 Å². The molecule has 0 radical (unpaired) electrons. The summed E-state index contributed by atoms with van der Waals surface area (Å²) in [4.78, 5) is 59.3. The molecule has 2 saturated heterocycles. The van der Waals surface area contributed by atoms with E-state index in [-0.39, 0.29) is 42.1 Å². The van der Waals surface area contributed by atoms with Crippen molar-refractivity contribution >= 4 is 28.9 Å². The molecule has 2 aliphatic heterocycles. The largest absolute Gasteiger partial charge is 0.453 e. The Morgan fingerprint density at radius 2 is 1.25 bits per heavy atom. The van der Waals surface area contributed by atoms with Gasteiger partial charge >= 0.3 is 12.2 Å². The monoisotopic (exact) mass is 755 g/mol. The number of fused-ring (bicyclic) bond motifs is 3. The van der Waals surface area contributed by atoms with Crippen molar-refractivity contribution in [3.05, 3.63) is 84.7 Å². The molecular formula is C44H49N7O5. The summed E-state index contributed by atoms with van der Waals surface area (Å²) in [5, 5.41) is 5.00. The number of ether oxygens (including phenoxy) is 2. The molecule has 2 saturated carbocycles. The van der Waals surface area contributed by atoms with E-state index in [1.807, 2.05) is 56.8 Å². The molecule has 12 heteroatoms. The van der Waals surface area contributed by atoms with Crippen molar-refractivity contribution in [2.45, 2.75) is 96.1 Å². The van der Waals surface area contributed by atoms with Crippen molar-refractivity contribution in [3.8, 4) is 33.6 Å². The zero-order chi connectivity index (χ0) is 39.0. The molecule has 5 aromatic rings. The number of methoxy groups -OCH3 is 1. The van der Waals surface area contributed by atoms with Gasteiger partial charge in [0.05, 0.1) is 43.0 Å². The van der Waals surface area contributed by atoms with Gasteiger partial charge < -0.3 is 29.7 Å². The first-order chi connectivity index (χ1) is 26.8. The second kappa shape index (κ2) is 13.5. The van der Waals surface area contributed by atoms with Gasteiger partial charge in [0.15, 0.2) is 0 Å². The number of piperidine rings is 2. The topological polar surface area (TPSA) is 146 Å². The molecule has 3 unspecified atom stereocenters. The first-order valence-electron chi connectivity index (χ1n) is 19.8. The zero-order valence-corrected chi connectivity index (χ0v) is 32.7. The summed E-state index contributed by atoms with van der Waals surface area (Å²) in [5.74, 6) is 2.37. The summed E-state index contributed by atoms with van der Waals surface area (Å²) in [6.07, 6.45) is 6.62. The SMILES string of the molecule is COC(=O)N[C@H](C(=O)N1[C@@H]2C[C@@H]2C[C@H]1c1ncc(-c2ccc(-c3ccc4cc(-c5cnc(C6CC7CC7N6C(=O)OC(C)(C)C)[nH]5)ccc4c3)cc2)[nH]1)C(C)C. The fourth-order valence-corrected chi connectivity index (χ4v) is 8.90. The minimum Gasteiger partial charge on any atom is -0.453 e. The molecule has 0 bridgehead atoms. The maximum Gasteiger partial charge on any atom is 0.411 e. The van der Waals surface area contributed by atoms with Gasteiger partial charge in [0, 0.05) is 17.6 Å². The van der Waals surface area contributed by atoms with Gasteiger partial charge in [0.2, 0.25) is 5.91 Å². The number of hydrogen-bond acceptors (Lipinski definition) is 7. The van der Waals surface area contributed by atoms with Gasteiger partial charge in [-0.1, -0.05) is 62.4 Å². The van der Waals surface area contributed by atoms with E-state index < -0.39 is 17.7 Å². The predicted octanol–water partition coefficient (Wildman–Crippen LogP) is 8.40. The number of rotatable bonds is 8. The molecule has 3 aromatic carbocycles. The van der Waals surface area contributed by atoms with Gasteiger partial charge in [-0.05, 0) is 104 Å². The lowest BCUT2D eigenvalue weighted by atomic mass is 9.98. The van der Waals surface area contributed by atoms with Gasteiger partial charge in [-0.25, -0.2) is 19.6 Å². The standard InChI is InChI=1S/C44H49N7O5/c1-23(2)38(49-42(53)55-6)41(52)50-34-17-30(34)19-36(50)39-45-21-32(47-39)25-9-7-24(8-10-25)26-11-12-28-16-29(14-13-27(28)15-26)33-22-46-40(48-33)37-20-31-18-35(31)51(37)43(54)56-44(3,4)5/h7-16,21-23,30-31,34-38H,17-20H2,1-6H3,(H,45,47)(H,46,48)(H,49,53)/t30-,31?,34-,35?,36+,37?,38+/m1/s1. The third-order valence-electron chi connectivity index (χ3n) is 12.0. The van der Waals surface area contributed by atoms with Crippen molar-refractivity contribution in [3.63, 3.8) is 0 Å². The Morgan fingerprint density at radius 3 is 1.84 bits per heavy atom. The Balaban J connectivity index is 0.884. The Bertz CT molecular complexity index is 2320. The van der Waals surface area contributed by atoms with Crippen LogP contribution >= 0.6 is 0 Å². The summed E-state index contributed by atoms with van der Waals surface area (Å²) in [6, 6.07) is 20.9. The average molecular weight is 756 g/mol. The molecule has 0 spiro atoms. The van der Waals surface area contributed by atoms with Crippen LogP contribution in [-0.2, 0) is 14.3 Å². The molecule has 4 aliphatic rings. The van der Waals surface area contributed by atoms with Crippen LogP contribution in [0.5, 0.6) is 0 Å². The lowest BCUT2D eigenvalue weighted by Crippen LogP contribution is -2.52. The smallest absolute Gasteiger partial charge is 0.411 e. The zero-order valence-electron chi connectivity index (χ0n) is 32.7. The van der Waals surface area contributed by atoms with Crippen LogP contribution in [0.15, 0.2) is 73.1 Å². The number of carbonyl (C=O) groups is 3. The maximum absolute atomic E-state index is 13.8. The van der Waals surface area contributed by atoms with Crippen LogP contribution < -0.4 is 5.32 Å². The molecule has 3 amide bonds. The Morgan fingerprint density at radius 1 is 0.732 bits per heavy atom. The van der Waals surface area contributed by atoms with Gasteiger partial charge in [-0.2, -0.15) is 0 Å². The summed E-state index contributed by atoms with van der Waals surface area (Å²) < 4.78 is 10.6. The number of nitrogens with zero attached hydrogens (tertiary/aromatic N) is 4. The number of alkyl carbamates (subject to hydrolysis) is 1. The highest BCUT2D eigenvalue weighted by atomic mass is 16.6. The number of hydrogen-bond donors (Lipinski definition) is 3. The Hall–Kier alpha value is -5.65. The van der Waals surface area contributed by atoms with Crippen LogP contribution in [0, 0.1) is 17.8 Å². The summed E-state index contributed by atoms with van der Waals surface area (Å²) in [7, 11) is 1.31. The van der Waals surface area contributed by atoms with E-state index in [0.717, 1.165) is 81.7 Å². The average Bonchev–Trinajstić information content (AvgIpc) is 3.76. The van der Waals surface area contributed by atoms with Gasteiger partial charge in [-0.15, -0.1) is 0 Å². The van der Waals surface area contributed by atoms with E-state index in [1.165, 1.54) is 7.11 Å². The minimum atomic E-state index is -0.667. The number of likely N-dealkylation sites (tertiary alicyclic amines) is 2. The lowest BCUT2D eigenvalue weighted by molar-refractivity contribution is -0.136. The van der Waals surface area contributed by atoms with Crippen molar-refractivity contribution in [1.82, 2.24) is 35.1 Å². The van der Waals surface area contributed by atoms with E-state index in [1.54, 1.807) is 0 Å². The van der Waals surface area contributed by atoms with Crippen molar-refractivity contribution in [1.29, 1.82) is 0 Å². The fourth-order valence-electron chi connectivity index (χ4n) is 8.90. The highest BCUT2D eigenvalue weighted by Gasteiger charge is 2.57. The van der Waals surface area contributed by atoms with E-state index >= 15 is 0 Å². The number of amides is 3. The molecule has 2 aliphatic carbocycles. The number of H-pyrrole nitrogens is 2. The summed E-state index contributed by atoms with van der Waals surface area (Å²) in [5.41, 5.74) is 5.54. The fraction of sp³-hybridized carbons (Fsp3) is 0.432. The number of nitrogens with one attached hydrogen (secondary N) is 3. The van der Waals surface area contributed by atoms with Crippen LogP contribution in [-0.4, -0.2) is 78.7 Å². The molecule has 3 N–H and O–H groups in total. The first kappa shape index (κ1) is 36.0. The molecule has 9 rings (SSSR count). The molecule has 4 heterocycles. The summed E-state index contributed by atoms with van der Waals surface area (Å²) in [6.45, 7) is 9.56. The van der Waals surface area contributed by atoms with Gasteiger partial charge in [0.25, 0.3) is 0 Å². The number of benzene rings is 3. The molecule has 290 valence electrons. The molecular weight excluding hydrogens is 707 g/mol. The molecule has 7 atom stereocenters. The van der Waals surface area contributed by atoms with E-state index in [2.05, 4.69) is 75.9 Å². The van der Waals surface area contributed by atoms with Crippen molar-refractivity contribution in [2.24, 2.45) is 17.8 Å². The van der Waals surface area contributed by atoms with Crippen LogP contribution in [0.3, 0.4) is 0 Å². The van der Waals surface area contributed by atoms with E-state index in [0.29, 0.717) is 11.8 Å². The van der Waals surface area contributed by atoms with Crippen LogP contribution in [0.2, 0.25) is 0 Å². The van der Waals surface area contributed by atoms with Crippen LogP contribution in [0.1, 0.15) is 84.0 Å². The molecule has 12 nitrogen and oxygen atoms in total. The molecule has 4 fully saturated rings. The number of imidazole rings is 2. The van der Waals surface area contributed by atoms with Crippen LogP contribution in [0.25, 0.3) is 44.4 Å². The third-order valence-corrected chi connectivity index (χ3v) is 12.0. The highest BCUT2D eigenvalue weighted by molar-refractivity contribution is 5.91. The van der Waals surface area contributed by atoms with Crippen molar-refractivity contribution < 1.29 is 23.9 Å². The second-order valence-corrected chi connectivity index (χ2v) is 17.3. The quantitative estimate of drug-likeness (QED) is 0.144. The van der Waals surface area contributed by atoms with E-state index in [9.17, 15) is 14.4 Å². The first-order valence-corrected chi connectivity index (χ1v) is 19.8. The normalized spacial score (nSPS) is 24.2. The lowest BCUT2D eigenvalue weighted by Gasteiger charge is -2.31. The molecule has 2 aromatic heterocycles. The van der Waals surface area contributed by atoms with Gasteiger partial charge in [-0.3, -0.25) is 9.69 Å². The third kappa shape index (κ3) is 6.68. The highest BCUT2D eigenvalue weighted by Crippen LogP contribution is 2.54.